The molecule has 7 aromatic rings. The van der Waals surface area contributed by atoms with E-state index >= 15 is 0 Å². The van der Waals surface area contributed by atoms with Gasteiger partial charge in [0, 0.05) is 60.3 Å². The summed E-state index contributed by atoms with van der Waals surface area (Å²) >= 11 is 6.24. The quantitative estimate of drug-likeness (QED) is 0.0681. The number of ketones is 2. The molecule has 3 aromatic carbocycles. The predicted molar refractivity (Wildman–Crippen MR) is 251 cm³/mol. The first kappa shape index (κ1) is 46.2. The number of ether oxygens (including phenoxy) is 1. The number of halogens is 3. The van der Waals surface area contributed by atoms with E-state index in [1.165, 1.54) is 31.0 Å². The summed E-state index contributed by atoms with van der Waals surface area (Å²) in [7, 11) is 0. The summed E-state index contributed by atoms with van der Waals surface area (Å²) in [5.41, 5.74) is 6.78. The average molecular weight is 919 g/mol. The fourth-order valence-corrected chi connectivity index (χ4v) is 7.73. The molecular formula is C50H53ClF2N8O5. The Balaban J connectivity index is 0.000000185. The Labute approximate surface area is 386 Å². The van der Waals surface area contributed by atoms with Gasteiger partial charge in [0.15, 0.2) is 39.6 Å². The predicted octanol–water partition coefficient (Wildman–Crippen LogP) is 10.5. The fourth-order valence-electron chi connectivity index (χ4n) is 7.55. The molecule has 2 aliphatic carbocycles. The maximum atomic E-state index is 14.3. The van der Waals surface area contributed by atoms with Gasteiger partial charge in [-0.2, -0.15) is 9.49 Å². The zero-order chi connectivity index (χ0) is 47.1. The van der Waals surface area contributed by atoms with Crippen molar-refractivity contribution in [3.05, 3.63) is 118 Å². The molecule has 4 N–H and O–H groups in total. The molecule has 0 atom stereocenters. The van der Waals surface area contributed by atoms with Crippen LogP contribution in [0.5, 0.6) is 11.6 Å². The molecule has 0 bridgehead atoms. The molecule has 9 rings (SSSR count). The summed E-state index contributed by atoms with van der Waals surface area (Å²) in [5.74, 6) is -1.02. The third kappa shape index (κ3) is 11.0. The van der Waals surface area contributed by atoms with Gasteiger partial charge in [-0.05, 0) is 114 Å². The van der Waals surface area contributed by atoms with Gasteiger partial charge in [-0.25, -0.2) is 23.4 Å². The van der Waals surface area contributed by atoms with Crippen LogP contribution in [0.4, 0.5) is 20.2 Å². The van der Waals surface area contributed by atoms with Crippen molar-refractivity contribution < 1.29 is 33.3 Å². The van der Waals surface area contributed by atoms with Gasteiger partial charge in [-0.15, -0.1) is 5.10 Å². The minimum absolute atomic E-state index is 0.00227. The summed E-state index contributed by atoms with van der Waals surface area (Å²) in [6, 6.07) is 18.3. The minimum atomic E-state index is -1.12. The van der Waals surface area contributed by atoms with Crippen molar-refractivity contribution in [3.63, 3.8) is 0 Å². The van der Waals surface area contributed by atoms with Gasteiger partial charge in [0.1, 0.15) is 0 Å². The molecule has 4 aromatic heterocycles. The van der Waals surface area contributed by atoms with Crippen LogP contribution in [-0.4, -0.2) is 75.3 Å². The molecule has 66 heavy (non-hydrogen) atoms. The van der Waals surface area contributed by atoms with E-state index in [-0.39, 0.29) is 29.7 Å². The first-order valence-electron chi connectivity index (χ1n) is 22.1. The number of carbonyl (C=O) groups is 2. The average Bonchev–Trinajstić information content (AvgIpc) is 4.17. The highest BCUT2D eigenvalue weighted by Gasteiger charge is 2.27. The Morgan fingerprint density at radius 2 is 1.21 bits per heavy atom. The standard InChI is InChI=1S/C28H28F2N4O3.C22H25ClN4O2/c1-16-11-18(9-10-19(16)23(35)12-17-7-8-17)22-14-31-27-21(32-15-28(2,3)36)13-25(33-34(22)27)37-24-6-4-5-20(29)26(24)30;1-13-8-15(6-7-16(13)19(28)9-14-4-5-14)18-11-24-21-17(25-12-22(2,3)29)10-20(23)26-27(18)21/h4-6,9-11,13-14,17,32,36H,7-8,12,15H2,1-3H3;6-8,10-11,14,25,29H,4-5,9,12H2,1-3H3. The zero-order valence-electron chi connectivity index (χ0n) is 37.8. The highest BCUT2D eigenvalue weighted by molar-refractivity contribution is 6.29. The Kier molecular flexibility index (Phi) is 13.0. The maximum Gasteiger partial charge on any atom is 0.239 e. The number of Topliss-reactive ketones (excluding diaryl/α,β-unsaturated/α-hetero) is 2. The van der Waals surface area contributed by atoms with E-state index in [0.717, 1.165) is 52.4 Å². The van der Waals surface area contributed by atoms with Crippen LogP contribution in [-0.2, 0) is 0 Å². The lowest BCUT2D eigenvalue weighted by atomic mass is 9.98. The van der Waals surface area contributed by atoms with E-state index in [1.807, 2.05) is 50.2 Å². The number of benzene rings is 3. The van der Waals surface area contributed by atoms with E-state index in [4.69, 9.17) is 16.3 Å². The van der Waals surface area contributed by atoms with Gasteiger partial charge in [0.2, 0.25) is 11.7 Å². The number of aliphatic hydroxyl groups is 2. The number of nitrogens with zero attached hydrogens (tertiary/aromatic N) is 6. The van der Waals surface area contributed by atoms with Crippen molar-refractivity contribution in [2.24, 2.45) is 11.8 Å². The molecule has 0 saturated heterocycles. The second kappa shape index (κ2) is 18.5. The smallest absolute Gasteiger partial charge is 0.239 e. The molecular weight excluding hydrogens is 866 g/mol. The van der Waals surface area contributed by atoms with Crippen LogP contribution in [0, 0.1) is 37.3 Å². The van der Waals surface area contributed by atoms with Crippen LogP contribution in [0.1, 0.15) is 98.1 Å². The number of nitrogens with one attached hydrogen (secondary N) is 2. The van der Waals surface area contributed by atoms with Crippen molar-refractivity contribution in [1.29, 1.82) is 0 Å². The number of rotatable bonds is 16. The van der Waals surface area contributed by atoms with Crippen molar-refractivity contribution >= 4 is 45.8 Å². The molecule has 0 unspecified atom stereocenters. The summed E-state index contributed by atoms with van der Waals surface area (Å²) in [4.78, 5) is 34.2. The van der Waals surface area contributed by atoms with Crippen LogP contribution in [0.15, 0.2) is 79.1 Å². The number of aryl methyl sites for hydroxylation is 2. The minimum Gasteiger partial charge on any atom is -0.434 e. The molecule has 344 valence electrons. The lowest BCUT2D eigenvalue weighted by molar-refractivity contribution is 0.0939. The first-order valence-corrected chi connectivity index (χ1v) is 22.4. The van der Waals surface area contributed by atoms with E-state index in [2.05, 4.69) is 30.8 Å². The van der Waals surface area contributed by atoms with Crippen molar-refractivity contribution in [2.75, 3.05) is 23.7 Å². The molecule has 0 amide bonds. The number of hydrogen-bond donors (Lipinski definition) is 4. The fraction of sp³-hybridized carbons (Fsp3) is 0.360. The van der Waals surface area contributed by atoms with Crippen LogP contribution in [0.2, 0.25) is 5.15 Å². The molecule has 4 heterocycles. The number of hydrogen-bond acceptors (Lipinski definition) is 11. The molecule has 0 aliphatic heterocycles. The van der Waals surface area contributed by atoms with Crippen LogP contribution < -0.4 is 15.4 Å². The van der Waals surface area contributed by atoms with E-state index in [9.17, 15) is 28.6 Å². The molecule has 16 heteroatoms. The number of imidazole rings is 2. The van der Waals surface area contributed by atoms with Gasteiger partial charge in [-0.3, -0.25) is 9.59 Å². The summed E-state index contributed by atoms with van der Waals surface area (Å²) in [6.45, 7) is 11.2. The molecule has 0 spiro atoms. The monoisotopic (exact) mass is 918 g/mol. The topological polar surface area (TPSA) is 168 Å². The normalized spacial score (nSPS) is 14.0. The van der Waals surface area contributed by atoms with Crippen LogP contribution >= 0.6 is 11.6 Å². The molecule has 2 saturated carbocycles. The van der Waals surface area contributed by atoms with Gasteiger partial charge in [-0.1, -0.05) is 41.9 Å². The largest absolute Gasteiger partial charge is 0.434 e. The lowest BCUT2D eigenvalue weighted by Gasteiger charge is -2.19. The second-order valence-electron chi connectivity index (χ2n) is 18.7. The number of carbonyl (C=O) groups excluding carboxylic acids is 2. The highest BCUT2D eigenvalue weighted by Crippen LogP contribution is 2.37. The molecule has 2 aliphatic rings. The van der Waals surface area contributed by atoms with Crippen molar-refractivity contribution in [3.8, 4) is 34.1 Å². The third-order valence-electron chi connectivity index (χ3n) is 11.4. The van der Waals surface area contributed by atoms with Crippen LogP contribution in [0.25, 0.3) is 33.8 Å². The van der Waals surface area contributed by atoms with E-state index in [0.29, 0.717) is 70.3 Å². The van der Waals surface area contributed by atoms with Gasteiger partial charge >= 0.3 is 0 Å². The lowest BCUT2D eigenvalue weighted by Crippen LogP contribution is -2.29. The second-order valence-corrected chi connectivity index (χ2v) is 19.1. The number of aromatic nitrogens is 6. The maximum absolute atomic E-state index is 14.3. The van der Waals surface area contributed by atoms with Crippen molar-refractivity contribution in [1.82, 2.24) is 29.2 Å². The summed E-state index contributed by atoms with van der Waals surface area (Å²) in [5, 5.41) is 35.8. The Bertz CT molecular complexity index is 2970. The number of anilines is 2. The molecule has 0 radical (unpaired) electrons. The Morgan fingerprint density at radius 1 is 0.727 bits per heavy atom. The Hall–Kier alpha value is -6.29. The van der Waals surface area contributed by atoms with Gasteiger partial charge in [0.25, 0.3) is 0 Å². The third-order valence-corrected chi connectivity index (χ3v) is 11.6. The molecule has 13 nitrogen and oxygen atoms in total. The van der Waals surface area contributed by atoms with E-state index < -0.39 is 22.8 Å². The van der Waals surface area contributed by atoms with Gasteiger partial charge in [0.05, 0.1) is 46.4 Å². The van der Waals surface area contributed by atoms with Crippen LogP contribution in [0.3, 0.4) is 0 Å². The van der Waals surface area contributed by atoms with Gasteiger partial charge < -0.3 is 25.6 Å². The summed E-state index contributed by atoms with van der Waals surface area (Å²) < 4.78 is 36.9. The summed E-state index contributed by atoms with van der Waals surface area (Å²) in [6.07, 6.45) is 9.17. The number of fused-ring (bicyclic) bond motifs is 2. The first-order chi connectivity index (χ1) is 31.3. The SMILES string of the molecule is Cc1cc(-c2cnc3c(NCC(C)(C)O)cc(Cl)nn23)ccc1C(=O)CC1CC1.Cc1cc(-c2cnc3c(NCC(C)(C)O)cc(Oc4cccc(F)c4F)nn23)ccc1C(=O)CC1CC1. The molecule has 2 fully saturated rings. The van der Waals surface area contributed by atoms with Crippen molar-refractivity contribution in [2.45, 2.75) is 91.3 Å². The zero-order valence-corrected chi connectivity index (χ0v) is 38.5. The van der Waals surface area contributed by atoms with E-state index in [1.54, 1.807) is 55.2 Å². The highest BCUT2D eigenvalue weighted by atomic mass is 35.5. The Morgan fingerprint density at radius 3 is 1.68 bits per heavy atom.